The number of alkyl halides is 1. The molecule has 0 saturated carbocycles. The van der Waals surface area contributed by atoms with Gasteiger partial charge in [-0.3, -0.25) is 4.79 Å². The fraction of sp³-hybridized carbons (Fsp3) is 0.364. The van der Waals surface area contributed by atoms with Crippen molar-refractivity contribution in [3.8, 4) is 5.75 Å². The van der Waals surface area contributed by atoms with E-state index in [1.165, 1.54) is 6.92 Å². The number of ether oxygens (including phenoxy) is 1. The third kappa shape index (κ3) is 3.21. The Hall–Kier alpha value is -0.540. The van der Waals surface area contributed by atoms with E-state index in [9.17, 15) is 4.79 Å². The summed E-state index contributed by atoms with van der Waals surface area (Å²) in [7, 11) is 0. The molecular weight excluding hydrogens is 279 g/mol. The number of carbonyl (C=O) groups is 1. The molecule has 0 radical (unpaired) electrons. The van der Waals surface area contributed by atoms with E-state index in [1.807, 2.05) is 19.1 Å². The molecule has 4 heteroatoms. The molecule has 1 aromatic rings. The monoisotopic (exact) mass is 290 g/mol. The maximum absolute atomic E-state index is 11.2. The van der Waals surface area contributed by atoms with Crippen molar-refractivity contribution in [1.82, 2.24) is 0 Å². The van der Waals surface area contributed by atoms with Crippen molar-refractivity contribution in [2.45, 2.75) is 19.2 Å². The Morgan fingerprint density at radius 3 is 2.80 bits per heavy atom. The summed E-state index contributed by atoms with van der Waals surface area (Å²) in [6, 6.07) is 5.46. The van der Waals surface area contributed by atoms with Crippen LogP contribution in [0.1, 0.15) is 24.8 Å². The highest BCUT2D eigenvalue weighted by Gasteiger charge is 2.17. The molecule has 0 N–H and O–H groups in total. The smallest absolute Gasteiger partial charge is 0.152 e. The molecule has 0 heterocycles. The van der Waals surface area contributed by atoms with Crippen molar-refractivity contribution in [2.24, 2.45) is 0 Å². The number of Topliss-reactive ketones (excluding diaryl/α,β-unsaturated/α-hetero) is 1. The topological polar surface area (TPSA) is 26.3 Å². The fourth-order valence-electron chi connectivity index (χ4n) is 1.22. The molecule has 1 aromatic carbocycles. The van der Waals surface area contributed by atoms with E-state index in [1.54, 1.807) is 6.07 Å². The summed E-state index contributed by atoms with van der Waals surface area (Å²) in [5, 5.41) is -0.639. The van der Waals surface area contributed by atoms with Crippen LogP contribution in [-0.2, 0) is 4.79 Å². The molecule has 0 aliphatic heterocycles. The van der Waals surface area contributed by atoms with E-state index < -0.39 is 5.38 Å². The van der Waals surface area contributed by atoms with Gasteiger partial charge in [0.25, 0.3) is 0 Å². The molecule has 1 unspecified atom stereocenters. The molecule has 82 valence electrons. The third-order valence-electron chi connectivity index (χ3n) is 1.91. The number of hydrogen-bond acceptors (Lipinski definition) is 2. The van der Waals surface area contributed by atoms with Crippen molar-refractivity contribution in [1.29, 1.82) is 0 Å². The minimum absolute atomic E-state index is 0.0834. The van der Waals surface area contributed by atoms with Crippen LogP contribution in [0.25, 0.3) is 0 Å². The van der Waals surface area contributed by atoms with Gasteiger partial charge in [-0.05, 0) is 26.0 Å². The van der Waals surface area contributed by atoms with Crippen LogP contribution in [0.2, 0.25) is 0 Å². The van der Waals surface area contributed by atoms with Crippen molar-refractivity contribution in [3.63, 3.8) is 0 Å². The fourth-order valence-corrected chi connectivity index (χ4v) is 1.74. The Kier molecular flexibility index (Phi) is 4.61. The van der Waals surface area contributed by atoms with Crippen molar-refractivity contribution in [3.05, 3.63) is 28.2 Å². The lowest BCUT2D eigenvalue weighted by Crippen LogP contribution is -2.05. The van der Waals surface area contributed by atoms with Crippen LogP contribution in [0, 0.1) is 0 Å². The molecule has 0 aliphatic rings. The Labute approximate surface area is 103 Å². The Morgan fingerprint density at radius 1 is 1.60 bits per heavy atom. The Balaban J connectivity index is 3.10. The first-order valence-corrected chi connectivity index (χ1v) is 5.86. The zero-order valence-corrected chi connectivity index (χ0v) is 10.9. The van der Waals surface area contributed by atoms with E-state index in [4.69, 9.17) is 16.3 Å². The van der Waals surface area contributed by atoms with Crippen LogP contribution in [0.15, 0.2) is 22.7 Å². The summed E-state index contributed by atoms with van der Waals surface area (Å²) >= 11 is 9.33. The average molecular weight is 292 g/mol. The molecule has 0 spiro atoms. The van der Waals surface area contributed by atoms with Crippen LogP contribution in [-0.4, -0.2) is 12.4 Å². The van der Waals surface area contributed by atoms with E-state index >= 15 is 0 Å². The summed E-state index contributed by atoms with van der Waals surface area (Å²) in [5.41, 5.74) is 0.717. The molecule has 1 atom stereocenters. The summed E-state index contributed by atoms with van der Waals surface area (Å²) in [6.45, 7) is 3.90. The maximum Gasteiger partial charge on any atom is 0.152 e. The maximum atomic E-state index is 11.2. The van der Waals surface area contributed by atoms with Gasteiger partial charge in [0.05, 0.1) is 6.61 Å². The zero-order valence-electron chi connectivity index (χ0n) is 8.59. The first kappa shape index (κ1) is 12.5. The number of hydrogen-bond donors (Lipinski definition) is 0. The largest absolute Gasteiger partial charge is 0.493 e. The lowest BCUT2D eigenvalue weighted by molar-refractivity contribution is -0.116. The van der Waals surface area contributed by atoms with Gasteiger partial charge in [0.2, 0.25) is 0 Å². The van der Waals surface area contributed by atoms with Crippen molar-refractivity contribution in [2.75, 3.05) is 6.61 Å². The molecular formula is C11H12BrClO2. The molecule has 0 saturated heterocycles. The second-order valence-electron chi connectivity index (χ2n) is 3.09. The predicted octanol–water partition coefficient (Wildman–Crippen LogP) is 3.72. The second-order valence-corrected chi connectivity index (χ2v) is 4.44. The van der Waals surface area contributed by atoms with Crippen LogP contribution >= 0.6 is 27.5 Å². The first-order chi connectivity index (χ1) is 7.06. The Morgan fingerprint density at radius 2 is 2.27 bits per heavy atom. The summed E-state index contributed by atoms with van der Waals surface area (Å²) in [5.74, 6) is 0.571. The summed E-state index contributed by atoms with van der Waals surface area (Å²) in [4.78, 5) is 11.2. The summed E-state index contributed by atoms with van der Waals surface area (Å²) in [6.07, 6.45) is 0. The van der Waals surface area contributed by atoms with Gasteiger partial charge in [-0.15, -0.1) is 11.6 Å². The summed E-state index contributed by atoms with van der Waals surface area (Å²) < 4.78 is 6.33. The van der Waals surface area contributed by atoms with Crippen LogP contribution in [0.3, 0.4) is 0 Å². The van der Waals surface area contributed by atoms with Crippen LogP contribution in [0.4, 0.5) is 0 Å². The van der Waals surface area contributed by atoms with Gasteiger partial charge in [0.15, 0.2) is 5.78 Å². The molecule has 0 aliphatic carbocycles. The van der Waals surface area contributed by atoms with Gasteiger partial charge in [-0.25, -0.2) is 0 Å². The third-order valence-corrected chi connectivity index (χ3v) is 2.94. The predicted molar refractivity (Wildman–Crippen MR) is 64.6 cm³/mol. The highest BCUT2D eigenvalue weighted by Crippen LogP contribution is 2.32. The minimum Gasteiger partial charge on any atom is -0.493 e. The van der Waals surface area contributed by atoms with Gasteiger partial charge < -0.3 is 4.74 Å². The van der Waals surface area contributed by atoms with E-state index in [2.05, 4.69) is 15.9 Å². The molecule has 0 bridgehead atoms. The van der Waals surface area contributed by atoms with Crippen molar-refractivity contribution < 1.29 is 9.53 Å². The standard InChI is InChI=1S/C11H12BrClO2/c1-3-15-10-6-8(12)4-5-9(10)11(13)7(2)14/h4-6,11H,3H2,1-2H3. The molecule has 0 fully saturated rings. The second kappa shape index (κ2) is 5.52. The number of carbonyl (C=O) groups excluding carboxylic acids is 1. The molecule has 15 heavy (non-hydrogen) atoms. The van der Waals surface area contributed by atoms with Crippen LogP contribution in [0.5, 0.6) is 5.75 Å². The normalized spacial score (nSPS) is 12.3. The molecule has 0 aromatic heterocycles. The van der Waals surface area contributed by atoms with E-state index in [0.717, 1.165) is 4.47 Å². The quantitative estimate of drug-likeness (QED) is 0.790. The van der Waals surface area contributed by atoms with Gasteiger partial charge in [0, 0.05) is 10.0 Å². The lowest BCUT2D eigenvalue weighted by Gasteiger charge is -2.13. The lowest BCUT2D eigenvalue weighted by atomic mass is 10.1. The van der Waals surface area contributed by atoms with Crippen molar-refractivity contribution >= 4 is 33.3 Å². The Bertz CT molecular complexity index is 366. The van der Waals surface area contributed by atoms with Gasteiger partial charge in [-0.1, -0.05) is 22.0 Å². The van der Waals surface area contributed by atoms with Crippen LogP contribution < -0.4 is 4.74 Å². The highest BCUT2D eigenvalue weighted by atomic mass is 79.9. The van der Waals surface area contributed by atoms with Gasteiger partial charge >= 0.3 is 0 Å². The number of benzene rings is 1. The minimum atomic E-state index is -0.639. The SMILES string of the molecule is CCOc1cc(Br)ccc1C(Cl)C(C)=O. The number of halogens is 2. The van der Waals surface area contributed by atoms with Gasteiger partial charge in [-0.2, -0.15) is 0 Å². The number of ketones is 1. The number of rotatable bonds is 4. The highest BCUT2D eigenvalue weighted by molar-refractivity contribution is 9.10. The average Bonchev–Trinajstić information content (AvgIpc) is 2.17. The first-order valence-electron chi connectivity index (χ1n) is 4.63. The van der Waals surface area contributed by atoms with E-state index in [-0.39, 0.29) is 5.78 Å². The van der Waals surface area contributed by atoms with E-state index in [0.29, 0.717) is 17.9 Å². The molecule has 1 rings (SSSR count). The molecule has 2 nitrogen and oxygen atoms in total. The molecule has 0 amide bonds. The van der Waals surface area contributed by atoms with Gasteiger partial charge in [0.1, 0.15) is 11.1 Å². The zero-order chi connectivity index (χ0) is 11.4.